The Morgan fingerprint density at radius 3 is 2.49 bits per heavy atom. The molecule has 0 spiro atoms. The average molecular weight is 581 g/mol. The Bertz CT molecular complexity index is 1470. The monoisotopic (exact) mass is 580 g/mol. The quantitative estimate of drug-likeness (QED) is 0.0816. The highest BCUT2D eigenvalue weighted by Crippen LogP contribution is 2.33. The van der Waals surface area contributed by atoms with Crippen LogP contribution in [0, 0.1) is 5.92 Å². The van der Waals surface area contributed by atoms with E-state index >= 15 is 0 Å². The van der Waals surface area contributed by atoms with Gasteiger partial charge in [0.15, 0.2) is 0 Å². The second-order valence-corrected chi connectivity index (χ2v) is 10.8. The van der Waals surface area contributed by atoms with Crippen molar-refractivity contribution in [2.45, 2.75) is 31.8 Å². The highest BCUT2D eigenvalue weighted by Gasteiger charge is 2.31. The zero-order chi connectivity index (χ0) is 29.7. The van der Waals surface area contributed by atoms with Gasteiger partial charge in [-0.25, -0.2) is 4.79 Å². The summed E-state index contributed by atoms with van der Waals surface area (Å²) in [7, 11) is 1.35. The highest BCUT2D eigenvalue weighted by molar-refractivity contribution is 5.91. The van der Waals surface area contributed by atoms with Crippen molar-refractivity contribution in [3.05, 3.63) is 114 Å². The smallest absolute Gasteiger partial charge is 0.346 e. The molecule has 0 radical (unpaired) electrons. The lowest BCUT2D eigenvalue weighted by atomic mass is 9.77. The van der Waals surface area contributed by atoms with E-state index in [9.17, 15) is 4.79 Å². The van der Waals surface area contributed by atoms with Gasteiger partial charge in [0.25, 0.3) is 0 Å². The first-order valence-electron chi connectivity index (χ1n) is 15.0. The number of oxime groups is 1. The van der Waals surface area contributed by atoms with Gasteiger partial charge in [-0.1, -0.05) is 90.1 Å². The lowest BCUT2D eigenvalue weighted by Crippen LogP contribution is -2.40. The predicted molar refractivity (Wildman–Crippen MR) is 169 cm³/mol. The van der Waals surface area contributed by atoms with Gasteiger partial charge in [0.05, 0.1) is 32.6 Å². The van der Waals surface area contributed by atoms with Gasteiger partial charge < -0.3 is 24.4 Å². The molecule has 0 amide bonds. The van der Waals surface area contributed by atoms with E-state index in [1.165, 1.54) is 29.0 Å². The summed E-state index contributed by atoms with van der Waals surface area (Å²) in [5.74, 6) is 0.753. The van der Waals surface area contributed by atoms with Gasteiger partial charge in [-0.3, -0.25) is 0 Å². The summed E-state index contributed by atoms with van der Waals surface area (Å²) in [6, 6.07) is 33.4. The number of rotatable bonds is 14. The van der Waals surface area contributed by atoms with Crippen molar-refractivity contribution in [1.29, 1.82) is 0 Å². The van der Waals surface area contributed by atoms with Crippen LogP contribution in [0.5, 0.6) is 5.75 Å². The molecule has 2 atom stereocenters. The Hall–Kier alpha value is -4.20. The largest absolute Gasteiger partial charge is 0.494 e. The third-order valence-corrected chi connectivity index (χ3v) is 7.82. The van der Waals surface area contributed by atoms with Gasteiger partial charge in [0, 0.05) is 25.3 Å². The van der Waals surface area contributed by atoms with Crippen LogP contribution in [0.1, 0.15) is 35.4 Å². The molecule has 4 aromatic rings. The minimum atomic E-state index is -0.453. The van der Waals surface area contributed by atoms with Crippen molar-refractivity contribution >= 4 is 22.5 Å². The Morgan fingerprint density at radius 2 is 1.67 bits per heavy atom. The fraction of sp³-hybridized carbons (Fsp3) is 0.333. The van der Waals surface area contributed by atoms with Crippen molar-refractivity contribution in [1.82, 2.24) is 5.32 Å². The number of nitrogens with one attached hydrogen (secondary N) is 1. The zero-order valence-electron chi connectivity index (χ0n) is 24.7. The van der Waals surface area contributed by atoms with E-state index in [1.54, 1.807) is 0 Å². The number of nitrogens with zero attached hydrogens (tertiary/aromatic N) is 1. The van der Waals surface area contributed by atoms with Gasteiger partial charge in [0.2, 0.25) is 6.61 Å². The number of carbonyl (C=O) groups excluding carboxylic acids is 1. The maximum atomic E-state index is 11.7. The van der Waals surface area contributed by atoms with Crippen LogP contribution in [0.25, 0.3) is 10.8 Å². The number of esters is 1. The molecule has 1 aliphatic rings. The standard InChI is InChI=1S/C36H40N2O5/c1-40-36(39)26-43-38-35(23-28-12-13-29-10-5-6-11-31(29)22-28)34-24-37-19-18-33(34)30-14-16-32(17-15-30)42-21-7-20-41-25-27-8-3-2-4-9-27/h2-6,8-17,22,33-34,37H,7,18-21,23-26H2,1H3/b38-35-. The summed E-state index contributed by atoms with van der Waals surface area (Å²) < 4.78 is 16.5. The molecule has 1 fully saturated rings. The normalized spacial score (nSPS) is 17.0. The molecular formula is C36H40N2O5. The zero-order valence-corrected chi connectivity index (χ0v) is 24.7. The first kappa shape index (κ1) is 30.3. The third-order valence-electron chi connectivity index (χ3n) is 7.82. The molecule has 5 rings (SSSR count). The SMILES string of the molecule is COC(=O)CO/N=C(/Cc1ccc2ccccc2c1)C1CNCCC1c1ccc(OCCCOCc2ccccc2)cc1. The fourth-order valence-electron chi connectivity index (χ4n) is 5.55. The number of methoxy groups -OCH3 is 1. The number of benzene rings is 4. The van der Waals surface area contributed by atoms with Crippen LogP contribution in [-0.2, 0) is 32.1 Å². The van der Waals surface area contributed by atoms with Crippen molar-refractivity contribution in [3.63, 3.8) is 0 Å². The lowest BCUT2D eigenvalue weighted by molar-refractivity contribution is -0.145. The summed E-state index contributed by atoms with van der Waals surface area (Å²) in [6.45, 7) is 3.36. The van der Waals surface area contributed by atoms with Gasteiger partial charge >= 0.3 is 5.97 Å². The van der Waals surface area contributed by atoms with Crippen LogP contribution < -0.4 is 10.1 Å². The van der Waals surface area contributed by atoms with Crippen LogP contribution in [0.3, 0.4) is 0 Å². The molecule has 224 valence electrons. The molecule has 1 saturated heterocycles. The van der Waals surface area contributed by atoms with Crippen LogP contribution in [0.15, 0.2) is 102 Å². The summed E-state index contributed by atoms with van der Waals surface area (Å²) in [5, 5.41) is 10.5. The molecule has 1 N–H and O–H groups in total. The van der Waals surface area contributed by atoms with Gasteiger partial charge in [0.1, 0.15) is 5.75 Å². The maximum absolute atomic E-state index is 11.7. The Morgan fingerprint density at radius 1 is 0.884 bits per heavy atom. The first-order chi connectivity index (χ1) is 21.2. The summed E-state index contributed by atoms with van der Waals surface area (Å²) in [5.41, 5.74) is 4.48. The molecule has 7 heteroatoms. The Balaban J connectivity index is 1.22. The van der Waals surface area contributed by atoms with E-state index in [0.717, 1.165) is 43.0 Å². The second-order valence-electron chi connectivity index (χ2n) is 10.8. The van der Waals surface area contributed by atoms with Crippen LogP contribution in [-0.4, -0.2) is 51.7 Å². The molecule has 1 heterocycles. The van der Waals surface area contributed by atoms with Gasteiger partial charge in [-0.2, -0.15) is 0 Å². The van der Waals surface area contributed by atoms with E-state index in [2.05, 4.69) is 71.1 Å². The van der Waals surface area contributed by atoms with E-state index in [1.807, 2.05) is 36.4 Å². The van der Waals surface area contributed by atoms with Crippen molar-refractivity contribution in [3.8, 4) is 5.75 Å². The van der Waals surface area contributed by atoms with Crippen LogP contribution in [0.4, 0.5) is 0 Å². The molecule has 7 nitrogen and oxygen atoms in total. The van der Waals surface area contributed by atoms with Crippen molar-refractivity contribution in [2.75, 3.05) is 40.0 Å². The first-order valence-corrected chi connectivity index (χ1v) is 15.0. The highest BCUT2D eigenvalue weighted by atomic mass is 16.6. The fourth-order valence-corrected chi connectivity index (χ4v) is 5.55. The summed E-state index contributed by atoms with van der Waals surface area (Å²) in [6.07, 6.45) is 2.42. The van der Waals surface area contributed by atoms with Crippen LogP contribution >= 0.6 is 0 Å². The molecule has 4 aromatic carbocycles. The molecule has 1 aliphatic heterocycles. The van der Waals surface area contributed by atoms with Crippen molar-refractivity contribution < 1.29 is 23.8 Å². The van der Waals surface area contributed by atoms with Crippen LogP contribution in [0.2, 0.25) is 0 Å². The van der Waals surface area contributed by atoms with E-state index in [-0.39, 0.29) is 18.4 Å². The lowest BCUT2D eigenvalue weighted by Gasteiger charge is -2.33. The minimum Gasteiger partial charge on any atom is -0.494 e. The molecule has 0 aliphatic carbocycles. The molecule has 0 aromatic heterocycles. The Kier molecular flexibility index (Phi) is 11.2. The number of piperidine rings is 1. The number of carbonyl (C=O) groups is 1. The van der Waals surface area contributed by atoms with Gasteiger partial charge in [-0.05, 0) is 58.5 Å². The van der Waals surface area contributed by atoms with Crippen molar-refractivity contribution in [2.24, 2.45) is 11.1 Å². The van der Waals surface area contributed by atoms with E-state index < -0.39 is 5.97 Å². The van der Waals surface area contributed by atoms with Gasteiger partial charge in [-0.15, -0.1) is 0 Å². The molecule has 0 bridgehead atoms. The average Bonchev–Trinajstić information content (AvgIpc) is 3.06. The minimum absolute atomic E-state index is 0.103. The second kappa shape index (κ2) is 15.9. The molecule has 0 saturated carbocycles. The number of ether oxygens (including phenoxy) is 3. The Labute approximate surface area is 253 Å². The number of fused-ring (bicyclic) bond motifs is 1. The summed E-state index contributed by atoms with van der Waals surface area (Å²) >= 11 is 0. The van der Waals surface area contributed by atoms with E-state index in [0.29, 0.717) is 26.2 Å². The topological polar surface area (TPSA) is 78.4 Å². The third kappa shape index (κ3) is 8.89. The summed E-state index contributed by atoms with van der Waals surface area (Å²) in [4.78, 5) is 17.2. The maximum Gasteiger partial charge on any atom is 0.346 e. The molecule has 43 heavy (non-hydrogen) atoms. The molecule has 2 unspecified atom stereocenters. The predicted octanol–water partition coefficient (Wildman–Crippen LogP) is 6.31. The van der Waals surface area contributed by atoms with E-state index in [4.69, 9.17) is 19.0 Å². The number of hydrogen-bond donors (Lipinski definition) is 1. The molecular weight excluding hydrogens is 540 g/mol. The number of hydrogen-bond acceptors (Lipinski definition) is 7.